The summed E-state index contributed by atoms with van der Waals surface area (Å²) < 4.78 is 7.27. The minimum Gasteiger partial charge on any atom is -0.495 e. The highest BCUT2D eigenvalue weighted by Gasteiger charge is 2.09. The standard InChI is InChI=1S/C16H18N2O3/c1-4-13(16(19)20)7-12-5-6-14(15(8-12)21-3)18-9-11(2)17-10-18/h5-10H,4H2,1-3H3,(H,19,20)/b13-7+. The molecule has 0 aliphatic heterocycles. The fourth-order valence-corrected chi connectivity index (χ4v) is 2.07. The molecule has 0 saturated carbocycles. The molecular weight excluding hydrogens is 268 g/mol. The van der Waals surface area contributed by atoms with Crippen LogP contribution < -0.4 is 4.74 Å². The molecule has 0 aliphatic rings. The number of aryl methyl sites for hydroxylation is 1. The van der Waals surface area contributed by atoms with E-state index in [0.717, 1.165) is 16.9 Å². The van der Waals surface area contributed by atoms with Gasteiger partial charge in [-0.05, 0) is 37.1 Å². The normalized spacial score (nSPS) is 11.5. The molecule has 0 saturated heterocycles. The highest BCUT2D eigenvalue weighted by Crippen LogP contribution is 2.25. The predicted octanol–water partition coefficient (Wildman–Crippen LogP) is 3.07. The van der Waals surface area contributed by atoms with Crippen molar-refractivity contribution in [3.05, 3.63) is 47.6 Å². The van der Waals surface area contributed by atoms with Gasteiger partial charge in [0.25, 0.3) is 0 Å². The summed E-state index contributed by atoms with van der Waals surface area (Å²) in [6.07, 6.45) is 5.76. The summed E-state index contributed by atoms with van der Waals surface area (Å²) >= 11 is 0. The molecule has 2 rings (SSSR count). The third-order valence-corrected chi connectivity index (χ3v) is 3.19. The Morgan fingerprint density at radius 3 is 2.76 bits per heavy atom. The Kier molecular flexibility index (Phi) is 4.42. The fourth-order valence-electron chi connectivity index (χ4n) is 2.07. The van der Waals surface area contributed by atoms with Gasteiger partial charge in [0.05, 0.1) is 24.8 Å². The van der Waals surface area contributed by atoms with Gasteiger partial charge >= 0.3 is 5.97 Å². The van der Waals surface area contributed by atoms with Crippen molar-refractivity contribution in [2.45, 2.75) is 20.3 Å². The number of methoxy groups -OCH3 is 1. The van der Waals surface area contributed by atoms with E-state index in [1.165, 1.54) is 0 Å². The van der Waals surface area contributed by atoms with Crippen molar-refractivity contribution in [3.8, 4) is 11.4 Å². The first-order valence-corrected chi connectivity index (χ1v) is 6.68. The van der Waals surface area contributed by atoms with E-state index in [1.807, 2.05) is 42.8 Å². The lowest BCUT2D eigenvalue weighted by molar-refractivity contribution is -0.132. The lowest BCUT2D eigenvalue weighted by atomic mass is 10.1. The van der Waals surface area contributed by atoms with E-state index in [1.54, 1.807) is 19.5 Å². The molecule has 0 radical (unpaired) electrons. The number of aromatic nitrogens is 2. The van der Waals surface area contributed by atoms with Crippen LogP contribution >= 0.6 is 0 Å². The van der Waals surface area contributed by atoms with Crippen LogP contribution in [0.3, 0.4) is 0 Å². The van der Waals surface area contributed by atoms with Gasteiger partial charge in [-0.1, -0.05) is 13.0 Å². The maximum absolute atomic E-state index is 11.1. The highest BCUT2D eigenvalue weighted by atomic mass is 16.5. The van der Waals surface area contributed by atoms with Gasteiger partial charge in [-0.3, -0.25) is 0 Å². The van der Waals surface area contributed by atoms with Gasteiger partial charge in [-0.15, -0.1) is 0 Å². The third-order valence-electron chi connectivity index (χ3n) is 3.19. The van der Waals surface area contributed by atoms with Gasteiger partial charge in [-0.2, -0.15) is 0 Å². The van der Waals surface area contributed by atoms with Crippen LogP contribution in [0.2, 0.25) is 0 Å². The molecule has 0 fully saturated rings. The minimum absolute atomic E-state index is 0.364. The van der Waals surface area contributed by atoms with E-state index in [4.69, 9.17) is 9.84 Å². The van der Waals surface area contributed by atoms with Crippen LogP contribution in [0.1, 0.15) is 24.6 Å². The molecule has 0 atom stereocenters. The number of benzene rings is 1. The number of hydrogen-bond acceptors (Lipinski definition) is 3. The van der Waals surface area contributed by atoms with Crippen LogP contribution in [0, 0.1) is 6.92 Å². The molecule has 0 aliphatic carbocycles. The van der Waals surface area contributed by atoms with Crippen molar-refractivity contribution in [1.82, 2.24) is 9.55 Å². The maximum Gasteiger partial charge on any atom is 0.331 e. The number of ether oxygens (including phenoxy) is 1. The van der Waals surface area contributed by atoms with Gasteiger partial charge in [0, 0.05) is 11.8 Å². The lowest BCUT2D eigenvalue weighted by Crippen LogP contribution is -1.99. The van der Waals surface area contributed by atoms with Gasteiger partial charge in [-0.25, -0.2) is 9.78 Å². The summed E-state index contributed by atoms with van der Waals surface area (Å²) in [5.41, 5.74) is 2.94. The molecule has 0 unspecified atom stereocenters. The van der Waals surface area contributed by atoms with Crippen LogP contribution in [0.15, 0.2) is 36.3 Å². The summed E-state index contributed by atoms with van der Waals surface area (Å²) in [5, 5.41) is 9.08. The number of imidazole rings is 1. The third kappa shape index (κ3) is 3.31. The molecule has 5 nitrogen and oxygen atoms in total. The second kappa shape index (κ2) is 6.26. The Morgan fingerprint density at radius 2 is 2.24 bits per heavy atom. The topological polar surface area (TPSA) is 64.4 Å². The first kappa shape index (κ1) is 14.8. The molecule has 2 aromatic rings. The zero-order valence-electron chi connectivity index (χ0n) is 12.3. The Morgan fingerprint density at radius 1 is 1.48 bits per heavy atom. The SMILES string of the molecule is CC/C(=C\c1ccc(-n2cnc(C)c2)c(OC)c1)C(=O)O. The van der Waals surface area contributed by atoms with Crippen LogP contribution in [0.4, 0.5) is 0 Å². The second-order valence-electron chi connectivity index (χ2n) is 4.68. The summed E-state index contributed by atoms with van der Waals surface area (Å²) in [5.74, 6) is -0.229. The quantitative estimate of drug-likeness (QED) is 0.858. The first-order valence-electron chi connectivity index (χ1n) is 6.68. The van der Waals surface area contributed by atoms with Crippen molar-refractivity contribution in [1.29, 1.82) is 0 Å². The zero-order valence-corrected chi connectivity index (χ0v) is 12.3. The number of carboxylic acid groups (broad SMARTS) is 1. The molecule has 1 N–H and O–H groups in total. The van der Waals surface area contributed by atoms with E-state index in [-0.39, 0.29) is 0 Å². The van der Waals surface area contributed by atoms with Crippen LogP contribution in [0.5, 0.6) is 5.75 Å². The number of nitrogens with zero attached hydrogens (tertiary/aromatic N) is 2. The predicted molar refractivity (Wildman–Crippen MR) is 80.8 cm³/mol. The fraction of sp³-hybridized carbons (Fsp3) is 0.250. The summed E-state index contributed by atoms with van der Waals surface area (Å²) in [7, 11) is 1.59. The van der Waals surface area contributed by atoms with Gasteiger partial charge in [0.1, 0.15) is 5.75 Å². The lowest BCUT2D eigenvalue weighted by Gasteiger charge is -2.10. The van der Waals surface area contributed by atoms with Crippen molar-refractivity contribution in [2.75, 3.05) is 7.11 Å². The zero-order chi connectivity index (χ0) is 15.4. The van der Waals surface area contributed by atoms with Crippen molar-refractivity contribution < 1.29 is 14.6 Å². The van der Waals surface area contributed by atoms with E-state index < -0.39 is 5.97 Å². The molecular formula is C16H18N2O3. The smallest absolute Gasteiger partial charge is 0.331 e. The first-order chi connectivity index (χ1) is 10.0. The Hall–Kier alpha value is -2.56. The van der Waals surface area contributed by atoms with Crippen molar-refractivity contribution >= 4 is 12.0 Å². The molecule has 1 aromatic carbocycles. The maximum atomic E-state index is 11.1. The van der Waals surface area contributed by atoms with Crippen LogP contribution in [-0.4, -0.2) is 27.7 Å². The van der Waals surface area contributed by atoms with E-state index in [9.17, 15) is 4.79 Å². The molecule has 1 aromatic heterocycles. The molecule has 110 valence electrons. The summed E-state index contributed by atoms with van der Waals surface area (Å²) in [4.78, 5) is 15.3. The average molecular weight is 286 g/mol. The number of carbonyl (C=O) groups is 1. The molecule has 5 heteroatoms. The monoisotopic (exact) mass is 286 g/mol. The van der Waals surface area contributed by atoms with E-state index in [2.05, 4.69) is 4.98 Å². The Bertz CT molecular complexity index is 687. The number of carboxylic acids is 1. The van der Waals surface area contributed by atoms with Crippen molar-refractivity contribution in [2.24, 2.45) is 0 Å². The van der Waals surface area contributed by atoms with Gasteiger partial charge < -0.3 is 14.4 Å². The van der Waals surface area contributed by atoms with E-state index in [0.29, 0.717) is 17.7 Å². The Balaban J connectivity index is 2.43. The second-order valence-corrected chi connectivity index (χ2v) is 4.68. The number of rotatable bonds is 5. The van der Waals surface area contributed by atoms with Crippen LogP contribution in [-0.2, 0) is 4.79 Å². The molecule has 0 spiro atoms. The summed E-state index contributed by atoms with van der Waals surface area (Å²) in [6.45, 7) is 3.74. The molecule has 0 amide bonds. The minimum atomic E-state index is -0.897. The van der Waals surface area contributed by atoms with Crippen LogP contribution in [0.25, 0.3) is 11.8 Å². The van der Waals surface area contributed by atoms with E-state index >= 15 is 0 Å². The molecule has 1 heterocycles. The average Bonchev–Trinajstić information content (AvgIpc) is 2.90. The largest absolute Gasteiger partial charge is 0.495 e. The number of hydrogen-bond donors (Lipinski definition) is 1. The number of aliphatic carboxylic acids is 1. The highest BCUT2D eigenvalue weighted by molar-refractivity contribution is 5.92. The van der Waals surface area contributed by atoms with Gasteiger partial charge in [0.15, 0.2) is 0 Å². The summed E-state index contributed by atoms with van der Waals surface area (Å²) in [6, 6.07) is 5.58. The molecule has 21 heavy (non-hydrogen) atoms. The van der Waals surface area contributed by atoms with Gasteiger partial charge in [0.2, 0.25) is 0 Å². The Labute approximate surface area is 123 Å². The van der Waals surface area contributed by atoms with Crippen molar-refractivity contribution in [3.63, 3.8) is 0 Å². The molecule has 0 bridgehead atoms.